The molecule has 3 aromatic carbocycles. The van der Waals surface area contributed by atoms with Crippen LogP contribution >= 0.6 is 0 Å². The van der Waals surface area contributed by atoms with Crippen LogP contribution < -0.4 is 4.90 Å². The van der Waals surface area contributed by atoms with Crippen LogP contribution in [0.4, 0.5) is 17.1 Å². The summed E-state index contributed by atoms with van der Waals surface area (Å²) in [4.78, 5) is 6.88. The maximum Gasteiger partial charge on any atom is 0.302 e. The topological polar surface area (TPSA) is 24.8 Å². The predicted molar refractivity (Wildman–Crippen MR) is 103 cm³/mol. The monoisotopic (exact) mass is 328 g/mol. The van der Waals surface area contributed by atoms with E-state index in [9.17, 15) is 0 Å². The fourth-order valence-electron chi connectivity index (χ4n) is 3.07. The summed E-state index contributed by atoms with van der Waals surface area (Å²) in [6.07, 6.45) is 0. The molecule has 4 rings (SSSR count). The molecular weight excluding hydrogens is 308 g/mol. The molecule has 0 radical (unpaired) electrons. The maximum atomic E-state index is 6.03. The van der Waals surface area contributed by atoms with Gasteiger partial charge in [-0.1, -0.05) is 42.5 Å². The number of aliphatic imine (C=N–C) groups is 1. The summed E-state index contributed by atoms with van der Waals surface area (Å²) >= 11 is 0. The quantitative estimate of drug-likeness (QED) is 0.606. The van der Waals surface area contributed by atoms with E-state index in [4.69, 9.17) is 9.73 Å². The molecule has 124 valence electrons. The number of aryl methyl sites for hydroxylation is 2. The molecule has 0 saturated carbocycles. The highest BCUT2D eigenvalue weighted by molar-refractivity contribution is 6.02. The molecule has 0 aromatic heterocycles. The number of anilines is 2. The van der Waals surface area contributed by atoms with Crippen LogP contribution in [0, 0.1) is 13.8 Å². The van der Waals surface area contributed by atoms with Crippen LogP contribution in [0.5, 0.6) is 0 Å². The van der Waals surface area contributed by atoms with E-state index in [-0.39, 0.29) is 0 Å². The molecule has 3 heteroatoms. The molecule has 0 spiro atoms. The van der Waals surface area contributed by atoms with Gasteiger partial charge in [0.25, 0.3) is 0 Å². The lowest BCUT2D eigenvalue weighted by Gasteiger charge is -2.32. The second-order valence-electron chi connectivity index (χ2n) is 6.33. The number of nitrogens with zero attached hydrogens (tertiary/aromatic N) is 2. The van der Waals surface area contributed by atoms with Gasteiger partial charge in [-0.15, -0.1) is 0 Å². The number of para-hydroxylation sites is 1. The molecule has 0 aliphatic carbocycles. The van der Waals surface area contributed by atoms with E-state index in [1.54, 1.807) is 0 Å². The van der Waals surface area contributed by atoms with E-state index in [2.05, 4.69) is 73.3 Å². The highest BCUT2D eigenvalue weighted by Gasteiger charge is 2.25. The first-order valence-electron chi connectivity index (χ1n) is 8.43. The Bertz CT molecular complexity index is 946. The molecular formula is C22H20N2O. The van der Waals surface area contributed by atoms with Gasteiger partial charge in [-0.05, 0) is 55.3 Å². The van der Waals surface area contributed by atoms with Crippen LogP contribution in [0.15, 0.2) is 77.8 Å². The first-order chi connectivity index (χ1) is 12.2. The molecule has 25 heavy (non-hydrogen) atoms. The molecule has 0 unspecified atom stereocenters. The Morgan fingerprint density at radius 3 is 2.40 bits per heavy atom. The van der Waals surface area contributed by atoms with Crippen LogP contribution in [0.1, 0.15) is 16.7 Å². The number of amidine groups is 1. The third kappa shape index (κ3) is 3.13. The molecule has 0 amide bonds. The molecule has 3 nitrogen and oxygen atoms in total. The Kier molecular flexibility index (Phi) is 3.98. The van der Waals surface area contributed by atoms with Gasteiger partial charge in [-0.2, -0.15) is 4.99 Å². The highest BCUT2D eigenvalue weighted by Crippen LogP contribution is 2.34. The van der Waals surface area contributed by atoms with Crippen molar-refractivity contribution in [2.75, 3.05) is 4.90 Å². The SMILES string of the molecule is Cc1cccc(N=C2OCc3ccccc3N2c2cccc(C)c2)c1. The Morgan fingerprint density at radius 2 is 1.60 bits per heavy atom. The highest BCUT2D eigenvalue weighted by atomic mass is 16.5. The normalized spacial score (nSPS) is 15.0. The van der Waals surface area contributed by atoms with Crippen LogP contribution in [0.25, 0.3) is 0 Å². The van der Waals surface area contributed by atoms with E-state index in [1.165, 1.54) is 11.1 Å². The number of hydrogen-bond acceptors (Lipinski definition) is 2. The lowest BCUT2D eigenvalue weighted by molar-refractivity contribution is 0.279. The van der Waals surface area contributed by atoms with Crippen molar-refractivity contribution >= 4 is 23.1 Å². The van der Waals surface area contributed by atoms with Gasteiger partial charge in [0.15, 0.2) is 0 Å². The van der Waals surface area contributed by atoms with E-state index >= 15 is 0 Å². The Morgan fingerprint density at radius 1 is 0.840 bits per heavy atom. The zero-order chi connectivity index (χ0) is 17.2. The second-order valence-corrected chi connectivity index (χ2v) is 6.33. The summed E-state index contributed by atoms with van der Waals surface area (Å²) in [5.74, 6) is 0. The minimum absolute atomic E-state index is 0.531. The number of ether oxygens (including phenoxy) is 1. The van der Waals surface area contributed by atoms with Crippen molar-refractivity contribution in [2.45, 2.75) is 20.5 Å². The van der Waals surface area contributed by atoms with Gasteiger partial charge in [0.2, 0.25) is 0 Å². The summed E-state index contributed by atoms with van der Waals surface area (Å²) in [7, 11) is 0. The minimum atomic E-state index is 0.531. The fraction of sp³-hybridized carbons (Fsp3) is 0.136. The van der Waals surface area contributed by atoms with Crippen LogP contribution in [0.2, 0.25) is 0 Å². The van der Waals surface area contributed by atoms with Crippen LogP contribution in [-0.4, -0.2) is 6.02 Å². The standard InChI is InChI=1S/C22H20N2O/c1-16-7-5-10-19(13-16)23-22-24(20-11-6-8-17(2)14-20)21-12-4-3-9-18(21)15-25-22/h3-14H,15H2,1-2H3. The molecule has 0 fully saturated rings. The zero-order valence-electron chi connectivity index (χ0n) is 14.4. The Hall–Kier alpha value is -3.07. The average Bonchev–Trinajstić information content (AvgIpc) is 2.61. The van der Waals surface area contributed by atoms with Crippen LogP contribution in [0.3, 0.4) is 0 Å². The minimum Gasteiger partial charge on any atom is -0.459 e. The van der Waals surface area contributed by atoms with E-state index < -0.39 is 0 Å². The molecule has 0 saturated heterocycles. The zero-order valence-corrected chi connectivity index (χ0v) is 14.4. The molecule has 1 aliphatic rings. The third-order valence-corrected chi connectivity index (χ3v) is 4.27. The van der Waals surface area contributed by atoms with Crippen molar-refractivity contribution in [1.82, 2.24) is 0 Å². The first-order valence-corrected chi connectivity index (χ1v) is 8.43. The Labute approximate surface area is 148 Å². The van der Waals surface area contributed by atoms with Crippen molar-refractivity contribution in [3.05, 3.63) is 89.5 Å². The molecule has 1 aliphatic heterocycles. The molecule has 3 aromatic rings. The maximum absolute atomic E-state index is 6.03. The molecule has 0 atom stereocenters. The lowest BCUT2D eigenvalue weighted by Crippen LogP contribution is -2.33. The summed E-state index contributed by atoms with van der Waals surface area (Å²) < 4.78 is 6.03. The summed E-state index contributed by atoms with van der Waals surface area (Å²) in [6.45, 7) is 4.69. The van der Waals surface area contributed by atoms with Gasteiger partial charge in [-0.3, -0.25) is 4.90 Å². The number of benzene rings is 3. The number of fused-ring (bicyclic) bond motifs is 1. The average molecular weight is 328 g/mol. The first kappa shape index (κ1) is 15.5. The third-order valence-electron chi connectivity index (χ3n) is 4.27. The van der Waals surface area contributed by atoms with Gasteiger partial charge in [0, 0.05) is 5.56 Å². The van der Waals surface area contributed by atoms with Gasteiger partial charge < -0.3 is 4.74 Å². The molecule has 1 heterocycles. The summed E-state index contributed by atoms with van der Waals surface area (Å²) in [6, 6.07) is 25.5. The van der Waals surface area contributed by atoms with Crippen molar-refractivity contribution in [3.63, 3.8) is 0 Å². The van der Waals surface area contributed by atoms with Gasteiger partial charge in [0.05, 0.1) is 17.1 Å². The predicted octanol–water partition coefficient (Wildman–Crippen LogP) is 5.66. The fourth-order valence-corrected chi connectivity index (χ4v) is 3.07. The Balaban J connectivity index is 1.86. The summed E-state index contributed by atoms with van der Waals surface area (Å²) in [5, 5.41) is 0. The van der Waals surface area contributed by atoms with Crippen molar-refractivity contribution in [3.8, 4) is 0 Å². The second kappa shape index (κ2) is 6.44. The van der Waals surface area contributed by atoms with E-state index in [0.717, 1.165) is 22.6 Å². The smallest absolute Gasteiger partial charge is 0.302 e. The molecule has 0 bridgehead atoms. The van der Waals surface area contributed by atoms with Gasteiger partial charge in [-0.25, -0.2) is 0 Å². The van der Waals surface area contributed by atoms with Crippen molar-refractivity contribution in [2.24, 2.45) is 4.99 Å². The largest absolute Gasteiger partial charge is 0.459 e. The van der Waals surface area contributed by atoms with Crippen LogP contribution in [-0.2, 0) is 11.3 Å². The number of hydrogen-bond donors (Lipinski definition) is 0. The van der Waals surface area contributed by atoms with Crippen molar-refractivity contribution < 1.29 is 4.74 Å². The van der Waals surface area contributed by atoms with Crippen molar-refractivity contribution in [1.29, 1.82) is 0 Å². The van der Waals surface area contributed by atoms with E-state index in [0.29, 0.717) is 12.6 Å². The van der Waals surface area contributed by atoms with E-state index in [1.807, 2.05) is 18.2 Å². The lowest BCUT2D eigenvalue weighted by atomic mass is 10.1. The number of rotatable bonds is 2. The van der Waals surface area contributed by atoms with Gasteiger partial charge >= 0.3 is 6.02 Å². The van der Waals surface area contributed by atoms with Gasteiger partial charge in [0.1, 0.15) is 6.61 Å². The molecule has 0 N–H and O–H groups in total. The summed E-state index contributed by atoms with van der Waals surface area (Å²) in [5.41, 5.74) is 6.61.